The van der Waals surface area contributed by atoms with Gasteiger partial charge in [0.2, 0.25) is 21.8 Å². The predicted octanol–water partition coefficient (Wildman–Crippen LogP) is 3.05. The van der Waals surface area contributed by atoms with Gasteiger partial charge in [0.05, 0.1) is 4.90 Å². The van der Waals surface area contributed by atoms with Crippen LogP contribution < -0.4 is 10.1 Å². The van der Waals surface area contributed by atoms with Crippen LogP contribution >= 0.6 is 0 Å². The Bertz CT molecular complexity index is 1040. The van der Waals surface area contributed by atoms with Crippen molar-refractivity contribution in [1.82, 2.24) is 14.6 Å². The normalized spacial score (nSPS) is 16.0. The zero-order valence-corrected chi connectivity index (χ0v) is 18.2. The van der Waals surface area contributed by atoms with Crippen molar-refractivity contribution in [2.45, 2.75) is 37.4 Å². The Kier molecular flexibility index (Phi) is 7.40. The van der Waals surface area contributed by atoms with Crippen molar-refractivity contribution in [3.05, 3.63) is 53.7 Å². The van der Waals surface area contributed by atoms with Crippen LogP contribution in [0, 0.1) is 12.8 Å². The smallest absolute Gasteiger partial charge is 0.422 e. The molecular weight excluding hydrogens is 447 g/mol. The number of hydrogen-bond donors (Lipinski definition) is 1. The molecule has 1 aromatic carbocycles. The van der Waals surface area contributed by atoms with E-state index in [9.17, 15) is 26.4 Å². The number of carbonyl (C=O) groups is 1. The van der Waals surface area contributed by atoms with Gasteiger partial charge in [0.25, 0.3) is 0 Å². The summed E-state index contributed by atoms with van der Waals surface area (Å²) in [5.74, 6) is -0.872. The highest BCUT2D eigenvalue weighted by atomic mass is 32.2. The molecular formula is C21H24F3N3O4S. The Hall–Kier alpha value is -2.66. The minimum Gasteiger partial charge on any atom is -0.468 e. The summed E-state index contributed by atoms with van der Waals surface area (Å²) in [7, 11) is -3.62. The predicted molar refractivity (Wildman–Crippen MR) is 110 cm³/mol. The van der Waals surface area contributed by atoms with E-state index in [4.69, 9.17) is 4.74 Å². The molecule has 3 rings (SSSR count). The summed E-state index contributed by atoms with van der Waals surface area (Å²) in [6, 6.07) is 9.66. The average Bonchev–Trinajstić information content (AvgIpc) is 2.76. The molecule has 1 aromatic heterocycles. The first-order chi connectivity index (χ1) is 15.1. The first-order valence-corrected chi connectivity index (χ1v) is 11.5. The first-order valence-electron chi connectivity index (χ1n) is 10.0. The highest BCUT2D eigenvalue weighted by molar-refractivity contribution is 7.89. The largest absolute Gasteiger partial charge is 0.468 e. The molecule has 0 atom stereocenters. The summed E-state index contributed by atoms with van der Waals surface area (Å²) in [6.45, 7) is 0.778. The lowest BCUT2D eigenvalue weighted by atomic mass is 9.97. The second-order valence-corrected chi connectivity index (χ2v) is 9.52. The number of ether oxygens (including phenoxy) is 1. The molecule has 0 aliphatic carbocycles. The number of nitrogens with one attached hydrogen (secondary N) is 1. The van der Waals surface area contributed by atoms with Crippen LogP contribution in [0.2, 0.25) is 0 Å². The maximum Gasteiger partial charge on any atom is 0.422 e. The van der Waals surface area contributed by atoms with E-state index in [-0.39, 0.29) is 36.3 Å². The Balaban J connectivity index is 1.54. The van der Waals surface area contributed by atoms with Crippen LogP contribution in [0.1, 0.15) is 24.0 Å². The van der Waals surface area contributed by atoms with Crippen molar-refractivity contribution in [1.29, 1.82) is 0 Å². The Labute approximate surface area is 184 Å². The number of carbonyl (C=O) groups excluding carboxylic acids is 1. The maximum atomic E-state index is 12.8. The molecule has 0 unspecified atom stereocenters. The highest BCUT2D eigenvalue weighted by Crippen LogP contribution is 2.25. The van der Waals surface area contributed by atoms with Crippen molar-refractivity contribution < 1.29 is 31.1 Å². The molecule has 1 aliphatic heterocycles. The fourth-order valence-electron chi connectivity index (χ4n) is 3.38. The van der Waals surface area contributed by atoms with Crippen LogP contribution in [0.3, 0.4) is 0 Å². The van der Waals surface area contributed by atoms with Gasteiger partial charge in [0, 0.05) is 37.3 Å². The number of rotatable bonds is 7. The summed E-state index contributed by atoms with van der Waals surface area (Å²) in [5, 5.41) is 2.69. The van der Waals surface area contributed by atoms with E-state index in [0.29, 0.717) is 18.4 Å². The van der Waals surface area contributed by atoms with Crippen LogP contribution in [0.4, 0.5) is 13.2 Å². The molecule has 1 aliphatic rings. The van der Waals surface area contributed by atoms with E-state index in [2.05, 4.69) is 10.3 Å². The van der Waals surface area contributed by atoms with Gasteiger partial charge in [0.1, 0.15) is 0 Å². The molecule has 0 spiro atoms. The number of nitrogens with zero attached hydrogens (tertiary/aromatic N) is 2. The number of benzene rings is 1. The number of hydrogen-bond acceptors (Lipinski definition) is 5. The van der Waals surface area contributed by atoms with Gasteiger partial charge in [-0.1, -0.05) is 23.8 Å². The highest BCUT2D eigenvalue weighted by Gasteiger charge is 2.32. The zero-order valence-electron chi connectivity index (χ0n) is 17.4. The van der Waals surface area contributed by atoms with E-state index in [1.54, 1.807) is 24.3 Å². The van der Waals surface area contributed by atoms with Gasteiger partial charge in [-0.3, -0.25) is 4.79 Å². The lowest BCUT2D eigenvalue weighted by Crippen LogP contribution is -2.42. The second-order valence-electron chi connectivity index (χ2n) is 7.58. The van der Waals surface area contributed by atoms with Gasteiger partial charge in [-0.2, -0.15) is 17.5 Å². The minimum atomic E-state index is -4.50. The molecule has 0 saturated carbocycles. The quantitative estimate of drug-likeness (QED) is 0.671. The van der Waals surface area contributed by atoms with Crippen LogP contribution in [-0.2, 0) is 21.4 Å². The Morgan fingerprint density at radius 1 is 1.19 bits per heavy atom. The van der Waals surface area contributed by atoms with Gasteiger partial charge in [-0.25, -0.2) is 13.4 Å². The average molecular weight is 472 g/mol. The van der Waals surface area contributed by atoms with E-state index in [0.717, 1.165) is 5.56 Å². The van der Waals surface area contributed by atoms with E-state index >= 15 is 0 Å². The topological polar surface area (TPSA) is 88.6 Å². The lowest BCUT2D eigenvalue weighted by molar-refractivity contribution is -0.154. The van der Waals surface area contributed by atoms with Crippen molar-refractivity contribution in [2.24, 2.45) is 5.92 Å². The standard InChI is InChI=1S/C21H24F3N3O4S/c1-15-4-6-18(7-5-15)32(29,30)27-11-8-16(9-12-27)19(28)26-13-17-3-2-10-25-20(17)31-14-21(22,23)24/h2-7,10,16H,8-9,11-14H2,1H3,(H,26,28). The number of sulfonamides is 1. The minimum absolute atomic E-state index is 0.0399. The van der Waals surface area contributed by atoms with Gasteiger partial charge < -0.3 is 10.1 Å². The first kappa shape index (κ1) is 24.0. The molecule has 1 N–H and O–H groups in total. The fourth-order valence-corrected chi connectivity index (χ4v) is 4.85. The molecule has 0 radical (unpaired) electrons. The van der Waals surface area contributed by atoms with Crippen LogP contribution in [0.5, 0.6) is 5.88 Å². The van der Waals surface area contributed by atoms with Gasteiger partial charge in [0.15, 0.2) is 6.61 Å². The monoisotopic (exact) mass is 471 g/mol. The molecule has 32 heavy (non-hydrogen) atoms. The third-order valence-electron chi connectivity index (χ3n) is 5.16. The Morgan fingerprint density at radius 2 is 1.84 bits per heavy atom. The van der Waals surface area contributed by atoms with E-state index in [1.807, 2.05) is 6.92 Å². The maximum absolute atomic E-state index is 12.8. The zero-order chi connectivity index (χ0) is 23.4. The fraction of sp³-hybridized carbons (Fsp3) is 0.429. The van der Waals surface area contributed by atoms with Gasteiger partial charge in [-0.05, 0) is 38.0 Å². The SMILES string of the molecule is Cc1ccc(S(=O)(=O)N2CCC(C(=O)NCc3cccnc3OCC(F)(F)F)CC2)cc1. The van der Waals surface area contributed by atoms with E-state index < -0.39 is 28.7 Å². The van der Waals surface area contributed by atoms with E-state index in [1.165, 1.54) is 22.6 Å². The molecule has 0 bridgehead atoms. The van der Waals surface area contributed by atoms with Crippen molar-refractivity contribution >= 4 is 15.9 Å². The number of pyridine rings is 1. The third kappa shape index (κ3) is 6.19. The molecule has 1 saturated heterocycles. The molecule has 1 fully saturated rings. The van der Waals surface area contributed by atoms with Crippen molar-refractivity contribution in [3.63, 3.8) is 0 Å². The summed E-state index contributed by atoms with van der Waals surface area (Å²) >= 11 is 0. The third-order valence-corrected chi connectivity index (χ3v) is 7.07. The number of amides is 1. The number of alkyl halides is 3. The molecule has 7 nitrogen and oxygen atoms in total. The van der Waals surface area contributed by atoms with Gasteiger partial charge >= 0.3 is 6.18 Å². The second kappa shape index (κ2) is 9.86. The van der Waals surface area contributed by atoms with Crippen LogP contribution in [0.15, 0.2) is 47.5 Å². The summed E-state index contributed by atoms with van der Waals surface area (Å²) in [5.41, 5.74) is 1.28. The summed E-state index contributed by atoms with van der Waals surface area (Å²) in [6.07, 6.45) is -2.49. The van der Waals surface area contributed by atoms with Crippen molar-refractivity contribution in [3.8, 4) is 5.88 Å². The summed E-state index contributed by atoms with van der Waals surface area (Å²) in [4.78, 5) is 16.6. The van der Waals surface area contributed by atoms with Crippen LogP contribution in [0.25, 0.3) is 0 Å². The number of aromatic nitrogens is 1. The molecule has 2 aromatic rings. The molecule has 11 heteroatoms. The molecule has 1 amide bonds. The molecule has 174 valence electrons. The van der Waals surface area contributed by atoms with Gasteiger partial charge in [-0.15, -0.1) is 0 Å². The Morgan fingerprint density at radius 3 is 2.47 bits per heavy atom. The van der Waals surface area contributed by atoms with Crippen molar-refractivity contribution in [2.75, 3.05) is 19.7 Å². The number of halogens is 3. The number of aryl methyl sites for hydroxylation is 1. The number of piperidine rings is 1. The lowest BCUT2D eigenvalue weighted by Gasteiger charge is -2.30. The molecule has 2 heterocycles. The summed E-state index contributed by atoms with van der Waals surface area (Å²) < 4.78 is 68.9. The van der Waals surface area contributed by atoms with Crippen LogP contribution in [-0.4, -0.2) is 49.5 Å².